The van der Waals surface area contributed by atoms with Crippen molar-refractivity contribution in [2.75, 3.05) is 6.54 Å². The second kappa shape index (κ2) is 6.62. The lowest BCUT2D eigenvalue weighted by molar-refractivity contribution is -0.171. The fraction of sp³-hybridized carbons (Fsp3) is 1.00. The Labute approximate surface area is 102 Å². The molecule has 0 aliphatic heterocycles. The van der Waals surface area contributed by atoms with Gasteiger partial charge in [-0.1, -0.05) is 33.1 Å². The van der Waals surface area contributed by atoms with Crippen molar-refractivity contribution < 1.29 is 13.2 Å². The third kappa shape index (κ3) is 4.49. The lowest BCUT2D eigenvalue weighted by Gasteiger charge is -2.35. The van der Waals surface area contributed by atoms with Gasteiger partial charge in [0.15, 0.2) is 0 Å². The van der Waals surface area contributed by atoms with Crippen LogP contribution in [0.3, 0.4) is 0 Å². The highest BCUT2D eigenvalue weighted by atomic mass is 19.4. The van der Waals surface area contributed by atoms with Crippen LogP contribution in [0.4, 0.5) is 13.2 Å². The standard InChI is InChI=1S/C13H24F3N/c1-3-9-17-12(13(14,15)16)11-7-5-10(4-2)6-8-11/h10-12,17H,3-9H2,1-2H3. The molecule has 4 heteroatoms. The predicted molar refractivity (Wildman–Crippen MR) is 63.9 cm³/mol. The van der Waals surface area contributed by atoms with Gasteiger partial charge in [0.2, 0.25) is 0 Å². The number of hydrogen-bond donors (Lipinski definition) is 1. The number of alkyl halides is 3. The van der Waals surface area contributed by atoms with Gasteiger partial charge in [-0.05, 0) is 37.6 Å². The summed E-state index contributed by atoms with van der Waals surface area (Å²) in [4.78, 5) is 0. The topological polar surface area (TPSA) is 12.0 Å². The molecule has 0 aromatic carbocycles. The van der Waals surface area contributed by atoms with Crippen LogP contribution in [0, 0.1) is 11.8 Å². The molecule has 0 saturated heterocycles. The molecule has 1 fully saturated rings. The highest BCUT2D eigenvalue weighted by Gasteiger charge is 2.44. The molecular formula is C13H24F3N. The molecule has 0 spiro atoms. The average Bonchev–Trinajstić information content (AvgIpc) is 2.29. The second-order valence-corrected chi connectivity index (χ2v) is 5.16. The monoisotopic (exact) mass is 251 g/mol. The zero-order chi connectivity index (χ0) is 12.9. The third-order valence-corrected chi connectivity index (χ3v) is 3.91. The molecule has 1 aliphatic carbocycles. The van der Waals surface area contributed by atoms with Crippen molar-refractivity contribution in [3.63, 3.8) is 0 Å². The Hall–Kier alpha value is -0.250. The zero-order valence-electron chi connectivity index (χ0n) is 10.8. The van der Waals surface area contributed by atoms with Gasteiger partial charge in [0, 0.05) is 0 Å². The molecule has 0 heterocycles. The largest absolute Gasteiger partial charge is 0.404 e. The van der Waals surface area contributed by atoms with E-state index < -0.39 is 12.2 Å². The summed E-state index contributed by atoms with van der Waals surface area (Å²) in [7, 11) is 0. The molecule has 0 bridgehead atoms. The summed E-state index contributed by atoms with van der Waals surface area (Å²) in [6.45, 7) is 4.48. The molecule has 1 saturated carbocycles. The van der Waals surface area contributed by atoms with Crippen LogP contribution < -0.4 is 5.32 Å². The van der Waals surface area contributed by atoms with Gasteiger partial charge >= 0.3 is 6.18 Å². The fourth-order valence-corrected chi connectivity index (χ4v) is 2.78. The fourth-order valence-electron chi connectivity index (χ4n) is 2.78. The SMILES string of the molecule is CCCNC(C1CCC(CC)CC1)C(F)(F)F. The van der Waals surface area contributed by atoms with Crippen molar-refractivity contribution in [1.82, 2.24) is 5.32 Å². The highest BCUT2D eigenvalue weighted by molar-refractivity contribution is 4.86. The van der Waals surface area contributed by atoms with Gasteiger partial charge in [0.1, 0.15) is 6.04 Å². The molecule has 1 unspecified atom stereocenters. The van der Waals surface area contributed by atoms with Crippen molar-refractivity contribution in [2.24, 2.45) is 11.8 Å². The molecule has 0 aromatic heterocycles. The average molecular weight is 251 g/mol. The normalized spacial score (nSPS) is 28.1. The summed E-state index contributed by atoms with van der Waals surface area (Å²) in [5.74, 6) is 0.427. The van der Waals surface area contributed by atoms with E-state index in [1.807, 2.05) is 6.92 Å². The first-order valence-corrected chi connectivity index (χ1v) is 6.79. The van der Waals surface area contributed by atoms with E-state index in [4.69, 9.17) is 0 Å². The molecule has 0 radical (unpaired) electrons. The number of rotatable bonds is 5. The molecule has 1 N–H and O–H groups in total. The van der Waals surface area contributed by atoms with Crippen LogP contribution in [0.5, 0.6) is 0 Å². The lowest BCUT2D eigenvalue weighted by atomic mass is 9.77. The molecule has 17 heavy (non-hydrogen) atoms. The van der Waals surface area contributed by atoms with Crippen molar-refractivity contribution in [1.29, 1.82) is 0 Å². The molecule has 0 amide bonds. The van der Waals surface area contributed by atoms with Gasteiger partial charge < -0.3 is 5.32 Å². The van der Waals surface area contributed by atoms with E-state index in [1.54, 1.807) is 0 Å². The Balaban J connectivity index is 2.53. The first kappa shape index (κ1) is 14.8. The van der Waals surface area contributed by atoms with Gasteiger partial charge in [-0.25, -0.2) is 0 Å². The maximum absolute atomic E-state index is 12.9. The minimum absolute atomic E-state index is 0.218. The number of nitrogens with one attached hydrogen (secondary N) is 1. The van der Waals surface area contributed by atoms with E-state index in [2.05, 4.69) is 12.2 Å². The summed E-state index contributed by atoms with van der Waals surface area (Å²) in [6.07, 6.45) is 1.11. The Morgan fingerprint density at radius 2 is 1.71 bits per heavy atom. The van der Waals surface area contributed by atoms with Crippen molar-refractivity contribution >= 4 is 0 Å². The maximum atomic E-state index is 12.9. The number of hydrogen-bond acceptors (Lipinski definition) is 1. The predicted octanol–water partition coefficient (Wildman–Crippen LogP) is 4.13. The highest BCUT2D eigenvalue weighted by Crippen LogP contribution is 2.37. The molecule has 1 nitrogen and oxygen atoms in total. The van der Waals surface area contributed by atoms with Gasteiger partial charge in [0.05, 0.1) is 0 Å². The minimum atomic E-state index is -4.10. The third-order valence-electron chi connectivity index (χ3n) is 3.91. The number of halogens is 3. The van der Waals surface area contributed by atoms with E-state index in [1.165, 1.54) is 0 Å². The minimum Gasteiger partial charge on any atom is -0.306 e. The van der Waals surface area contributed by atoms with Crippen LogP contribution in [-0.2, 0) is 0 Å². The first-order chi connectivity index (χ1) is 7.99. The smallest absolute Gasteiger partial charge is 0.306 e. The van der Waals surface area contributed by atoms with E-state index >= 15 is 0 Å². The summed E-state index contributed by atoms with van der Waals surface area (Å²) < 4.78 is 38.8. The van der Waals surface area contributed by atoms with E-state index in [-0.39, 0.29) is 5.92 Å². The molecule has 102 valence electrons. The van der Waals surface area contributed by atoms with Crippen molar-refractivity contribution in [3.8, 4) is 0 Å². The Morgan fingerprint density at radius 3 is 2.12 bits per heavy atom. The van der Waals surface area contributed by atoms with Gasteiger partial charge in [-0.15, -0.1) is 0 Å². The molecule has 1 rings (SSSR count). The van der Waals surface area contributed by atoms with Crippen LogP contribution in [0.1, 0.15) is 52.4 Å². The van der Waals surface area contributed by atoms with Gasteiger partial charge in [0.25, 0.3) is 0 Å². The first-order valence-electron chi connectivity index (χ1n) is 6.79. The van der Waals surface area contributed by atoms with Crippen LogP contribution in [0.25, 0.3) is 0 Å². The Morgan fingerprint density at radius 1 is 1.12 bits per heavy atom. The van der Waals surface area contributed by atoms with Gasteiger partial charge in [-0.3, -0.25) is 0 Å². The molecular weight excluding hydrogens is 227 g/mol. The lowest BCUT2D eigenvalue weighted by Crippen LogP contribution is -2.48. The van der Waals surface area contributed by atoms with Crippen LogP contribution >= 0.6 is 0 Å². The Kier molecular flexibility index (Phi) is 5.77. The quantitative estimate of drug-likeness (QED) is 0.774. The van der Waals surface area contributed by atoms with E-state index in [0.29, 0.717) is 12.5 Å². The van der Waals surface area contributed by atoms with Crippen molar-refractivity contribution in [2.45, 2.75) is 64.6 Å². The molecule has 0 aromatic rings. The van der Waals surface area contributed by atoms with Gasteiger partial charge in [-0.2, -0.15) is 13.2 Å². The summed E-state index contributed by atoms with van der Waals surface area (Å²) in [5.41, 5.74) is 0. The van der Waals surface area contributed by atoms with Crippen LogP contribution in [0.15, 0.2) is 0 Å². The summed E-state index contributed by atoms with van der Waals surface area (Å²) >= 11 is 0. The zero-order valence-corrected chi connectivity index (χ0v) is 10.8. The molecule has 1 atom stereocenters. The second-order valence-electron chi connectivity index (χ2n) is 5.16. The molecule has 1 aliphatic rings. The summed E-state index contributed by atoms with van der Waals surface area (Å²) in [5, 5.41) is 2.69. The van der Waals surface area contributed by atoms with Crippen LogP contribution in [0.2, 0.25) is 0 Å². The maximum Gasteiger partial charge on any atom is 0.404 e. The van der Waals surface area contributed by atoms with Crippen LogP contribution in [-0.4, -0.2) is 18.8 Å². The van der Waals surface area contributed by atoms with Crippen molar-refractivity contribution in [3.05, 3.63) is 0 Å². The summed E-state index contributed by atoms with van der Waals surface area (Å²) in [6, 6.07) is -1.29. The van der Waals surface area contributed by atoms with E-state index in [0.717, 1.165) is 38.5 Å². The Bertz CT molecular complexity index is 207. The van der Waals surface area contributed by atoms with E-state index in [9.17, 15) is 13.2 Å².